The topological polar surface area (TPSA) is 64.7 Å². The molecule has 0 aliphatic heterocycles. The van der Waals surface area contributed by atoms with E-state index in [4.69, 9.17) is 0 Å². The summed E-state index contributed by atoms with van der Waals surface area (Å²) in [5.74, 6) is -0.0916. The highest BCUT2D eigenvalue weighted by molar-refractivity contribution is 9.10. The fourth-order valence-corrected chi connectivity index (χ4v) is 2.92. The third kappa shape index (κ3) is 4.35. The standard InChI is InChI=1S/C16H14Br2FN5O/c1-10(24-8-12(17)6-20-24)16(25)21-15-14(18)9-23(22-15)7-11-2-4-13(19)5-3-11/h2-6,8-10H,7H2,1H3,(H,21,22,25). The van der Waals surface area contributed by atoms with E-state index in [-0.39, 0.29) is 11.7 Å². The van der Waals surface area contributed by atoms with Crippen molar-refractivity contribution in [3.63, 3.8) is 0 Å². The van der Waals surface area contributed by atoms with Crippen molar-refractivity contribution in [2.24, 2.45) is 0 Å². The van der Waals surface area contributed by atoms with Crippen LogP contribution in [0.4, 0.5) is 10.2 Å². The summed E-state index contributed by atoms with van der Waals surface area (Å²) in [4.78, 5) is 12.4. The van der Waals surface area contributed by atoms with Gasteiger partial charge in [0.15, 0.2) is 5.82 Å². The van der Waals surface area contributed by atoms with E-state index in [0.717, 1.165) is 10.0 Å². The van der Waals surface area contributed by atoms with Crippen LogP contribution in [0.25, 0.3) is 0 Å². The highest BCUT2D eigenvalue weighted by Crippen LogP contribution is 2.22. The summed E-state index contributed by atoms with van der Waals surface area (Å²) >= 11 is 6.70. The number of amides is 1. The highest BCUT2D eigenvalue weighted by atomic mass is 79.9. The quantitative estimate of drug-likeness (QED) is 0.613. The maximum Gasteiger partial charge on any atom is 0.250 e. The Balaban J connectivity index is 1.69. The van der Waals surface area contributed by atoms with E-state index in [9.17, 15) is 9.18 Å². The summed E-state index contributed by atoms with van der Waals surface area (Å²) in [7, 11) is 0. The van der Waals surface area contributed by atoms with Crippen molar-refractivity contribution in [1.82, 2.24) is 19.6 Å². The molecule has 0 aliphatic rings. The molecule has 1 unspecified atom stereocenters. The minimum Gasteiger partial charge on any atom is -0.306 e. The Hall–Kier alpha value is -2.00. The van der Waals surface area contributed by atoms with Crippen molar-refractivity contribution in [3.05, 3.63) is 63.2 Å². The SMILES string of the molecule is CC(C(=O)Nc1nn(Cc2ccc(F)cc2)cc1Br)n1cc(Br)cn1. The number of halogens is 3. The lowest BCUT2D eigenvalue weighted by Gasteiger charge is -2.11. The smallest absolute Gasteiger partial charge is 0.250 e. The summed E-state index contributed by atoms with van der Waals surface area (Å²) in [5.41, 5.74) is 0.907. The van der Waals surface area contributed by atoms with E-state index in [1.807, 2.05) is 0 Å². The summed E-state index contributed by atoms with van der Waals surface area (Å²) in [6.07, 6.45) is 5.11. The van der Waals surface area contributed by atoms with Gasteiger partial charge in [-0.1, -0.05) is 12.1 Å². The first-order valence-electron chi connectivity index (χ1n) is 7.40. The lowest BCUT2D eigenvalue weighted by molar-refractivity contribution is -0.119. The fraction of sp³-hybridized carbons (Fsp3) is 0.188. The van der Waals surface area contributed by atoms with Gasteiger partial charge in [0.05, 0.1) is 21.7 Å². The number of carbonyl (C=O) groups excluding carboxylic acids is 1. The molecule has 3 rings (SSSR count). The van der Waals surface area contributed by atoms with E-state index >= 15 is 0 Å². The number of rotatable bonds is 5. The average Bonchev–Trinajstić information content (AvgIpc) is 3.15. The summed E-state index contributed by atoms with van der Waals surface area (Å²) in [6.45, 7) is 2.22. The zero-order valence-electron chi connectivity index (χ0n) is 13.2. The fourth-order valence-electron chi connectivity index (χ4n) is 2.21. The molecule has 0 spiro atoms. The van der Waals surface area contributed by atoms with Crippen LogP contribution >= 0.6 is 31.9 Å². The molecule has 2 aromatic heterocycles. The molecule has 0 saturated heterocycles. The molecule has 1 atom stereocenters. The van der Waals surface area contributed by atoms with Crippen LogP contribution in [0.3, 0.4) is 0 Å². The van der Waals surface area contributed by atoms with E-state index in [1.165, 1.54) is 12.1 Å². The molecule has 2 heterocycles. The Morgan fingerprint density at radius 3 is 2.64 bits per heavy atom. The minimum atomic E-state index is -0.486. The van der Waals surface area contributed by atoms with Gasteiger partial charge in [0, 0.05) is 12.4 Å². The molecule has 6 nitrogen and oxygen atoms in total. The van der Waals surface area contributed by atoms with Crippen molar-refractivity contribution in [2.75, 3.05) is 5.32 Å². The third-order valence-corrected chi connectivity index (χ3v) is 4.55. The molecule has 130 valence electrons. The minimum absolute atomic E-state index is 0.233. The van der Waals surface area contributed by atoms with Crippen molar-refractivity contribution in [2.45, 2.75) is 19.5 Å². The molecular formula is C16H14Br2FN5O. The first kappa shape index (κ1) is 17.8. The molecule has 0 radical (unpaired) electrons. The molecule has 25 heavy (non-hydrogen) atoms. The maximum absolute atomic E-state index is 13.0. The van der Waals surface area contributed by atoms with Crippen molar-refractivity contribution < 1.29 is 9.18 Å². The number of nitrogens with zero attached hydrogens (tertiary/aromatic N) is 4. The number of hydrogen-bond acceptors (Lipinski definition) is 3. The van der Waals surface area contributed by atoms with Crippen LogP contribution in [0.2, 0.25) is 0 Å². The maximum atomic E-state index is 13.0. The lowest BCUT2D eigenvalue weighted by atomic mass is 10.2. The Morgan fingerprint density at radius 1 is 1.28 bits per heavy atom. The van der Waals surface area contributed by atoms with E-state index < -0.39 is 6.04 Å². The second-order valence-electron chi connectivity index (χ2n) is 5.45. The predicted molar refractivity (Wildman–Crippen MR) is 98.7 cm³/mol. The van der Waals surface area contributed by atoms with Gasteiger partial charge in [-0.3, -0.25) is 14.2 Å². The average molecular weight is 471 g/mol. The van der Waals surface area contributed by atoms with Gasteiger partial charge < -0.3 is 5.32 Å². The van der Waals surface area contributed by atoms with Gasteiger partial charge in [-0.2, -0.15) is 10.2 Å². The Morgan fingerprint density at radius 2 is 2.00 bits per heavy atom. The van der Waals surface area contributed by atoms with Crippen LogP contribution in [-0.2, 0) is 11.3 Å². The second-order valence-corrected chi connectivity index (χ2v) is 7.22. The van der Waals surface area contributed by atoms with Crippen molar-refractivity contribution in [3.8, 4) is 0 Å². The normalized spacial score (nSPS) is 12.2. The first-order valence-corrected chi connectivity index (χ1v) is 8.99. The van der Waals surface area contributed by atoms with Crippen LogP contribution in [0.1, 0.15) is 18.5 Å². The number of anilines is 1. The zero-order valence-corrected chi connectivity index (χ0v) is 16.3. The number of benzene rings is 1. The Bertz CT molecular complexity index is 890. The van der Waals surface area contributed by atoms with Crippen LogP contribution in [0, 0.1) is 5.82 Å². The van der Waals surface area contributed by atoms with Gasteiger partial charge in [-0.05, 0) is 56.5 Å². The predicted octanol–water partition coefficient (Wildman–Crippen LogP) is 3.99. The lowest BCUT2D eigenvalue weighted by Crippen LogP contribution is -2.24. The summed E-state index contributed by atoms with van der Waals surface area (Å²) in [6, 6.07) is 5.71. The van der Waals surface area contributed by atoms with Crippen LogP contribution < -0.4 is 5.32 Å². The molecule has 0 aliphatic carbocycles. The molecule has 0 saturated carbocycles. The molecular weight excluding hydrogens is 457 g/mol. The first-order chi connectivity index (χ1) is 11.9. The van der Waals surface area contributed by atoms with Crippen LogP contribution in [0.15, 0.2) is 51.8 Å². The van der Waals surface area contributed by atoms with Gasteiger partial charge in [-0.15, -0.1) is 0 Å². The molecule has 0 bridgehead atoms. The molecule has 3 aromatic rings. The van der Waals surface area contributed by atoms with Gasteiger partial charge in [0.2, 0.25) is 5.91 Å². The molecule has 1 amide bonds. The Labute approximate surface area is 160 Å². The molecule has 1 N–H and O–H groups in total. The largest absolute Gasteiger partial charge is 0.306 e. The van der Waals surface area contributed by atoms with Crippen molar-refractivity contribution in [1.29, 1.82) is 0 Å². The van der Waals surface area contributed by atoms with Crippen molar-refractivity contribution >= 4 is 43.6 Å². The number of aromatic nitrogens is 4. The molecule has 1 aromatic carbocycles. The number of nitrogens with one attached hydrogen (secondary N) is 1. The van der Waals surface area contributed by atoms with Gasteiger partial charge in [0.25, 0.3) is 0 Å². The Kier molecular flexibility index (Phi) is 5.33. The van der Waals surface area contributed by atoms with Gasteiger partial charge in [-0.25, -0.2) is 4.39 Å². The molecule has 9 heteroatoms. The second kappa shape index (κ2) is 7.49. The summed E-state index contributed by atoms with van der Waals surface area (Å²) < 4.78 is 17.7. The van der Waals surface area contributed by atoms with E-state index in [0.29, 0.717) is 16.8 Å². The van der Waals surface area contributed by atoms with E-state index in [1.54, 1.807) is 47.0 Å². The van der Waals surface area contributed by atoms with Gasteiger partial charge in [0.1, 0.15) is 11.9 Å². The number of hydrogen-bond donors (Lipinski definition) is 1. The zero-order chi connectivity index (χ0) is 18.0. The third-order valence-electron chi connectivity index (χ3n) is 3.56. The summed E-state index contributed by atoms with van der Waals surface area (Å²) in [5, 5.41) is 11.2. The van der Waals surface area contributed by atoms with Crippen LogP contribution in [0.5, 0.6) is 0 Å². The monoisotopic (exact) mass is 469 g/mol. The van der Waals surface area contributed by atoms with Crippen LogP contribution in [-0.4, -0.2) is 25.5 Å². The van der Waals surface area contributed by atoms with E-state index in [2.05, 4.69) is 47.4 Å². The number of carbonyl (C=O) groups is 1. The molecule has 0 fully saturated rings. The van der Waals surface area contributed by atoms with Gasteiger partial charge >= 0.3 is 0 Å². The highest BCUT2D eigenvalue weighted by Gasteiger charge is 2.18.